The SMILES string of the molecule is CCCOCCCC(C)C1CCC2C3[C@H](OCCCN)CC4C[C@H](OCCCN)CCC4(C)[C@H]3C[C@H](OCCCN)C12C. The molecule has 7 unspecified atom stereocenters. The van der Waals surface area contributed by atoms with Gasteiger partial charge in [0.2, 0.25) is 0 Å². The van der Waals surface area contributed by atoms with Crippen molar-refractivity contribution in [3.05, 3.63) is 0 Å². The van der Waals surface area contributed by atoms with Crippen LogP contribution in [0.25, 0.3) is 0 Å². The maximum Gasteiger partial charge on any atom is 0.0637 e. The molecule has 0 saturated heterocycles. The van der Waals surface area contributed by atoms with Crippen molar-refractivity contribution in [2.45, 2.75) is 129 Å². The van der Waals surface area contributed by atoms with Crippen LogP contribution in [0.1, 0.15) is 111 Å². The molecule has 0 aromatic carbocycles. The van der Waals surface area contributed by atoms with E-state index < -0.39 is 0 Å². The van der Waals surface area contributed by atoms with Crippen molar-refractivity contribution >= 4 is 0 Å². The summed E-state index contributed by atoms with van der Waals surface area (Å²) < 4.78 is 26.1. The highest BCUT2D eigenvalue weighted by Gasteiger charge is 2.66. The smallest absolute Gasteiger partial charge is 0.0637 e. The molecule has 4 fully saturated rings. The Labute approximate surface area is 264 Å². The quantitative estimate of drug-likeness (QED) is 0.156. The molecule has 0 amide bonds. The van der Waals surface area contributed by atoms with Crippen LogP contribution in [0.4, 0.5) is 0 Å². The van der Waals surface area contributed by atoms with Gasteiger partial charge in [0.05, 0.1) is 18.3 Å². The molecule has 4 aliphatic rings. The summed E-state index contributed by atoms with van der Waals surface area (Å²) in [5, 5.41) is 0. The zero-order valence-electron chi connectivity index (χ0n) is 28.4. The second-order valence-corrected chi connectivity index (χ2v) is 15.2. The topological polar surface area (TPSA) is 115 Å². The van der Waals surface area contributed by atoms with Gasteiger partial charge in [-0.2, -0.15) is 0 Å². The van der Waals surface area contributed by atoms with E-state index in [2.05, 4.69) is 27.7 Å². The lowest BCUT2D eigenvalue weighted by molar-refractivity contribution is -0.227. The lowest BCUT2D eigenvalue weighted by atomic mass is 9.43. The van der Waals surface area contributed by atoms with Gasteiger partial charge >= 0.3 is 0 Å². The molecule has 0 heterocycles. The van der Waals surface area contributed by atoms with Crippen LogP contribution < -0.4 is 17.2 Å². The summed E-state index contributed by atoms with van der Waals surface area (Å²) >= 11 is 0. The van der Waals surface area contributed by atoms with Crippen molar-refractivity contribution in [3.8, 4) is 0 Å². The Morgan fingerprint density at radius 2 is 1.44 bits per heavy atom. The van der Waals surface area contributed by atoms with Crippen molar-refractivity contribution in [2.75, 3.05) is 52.7 Å². The molecule has 7 nitrogen and oxygen atoms in total. The second kappa shape index (κ2) is 17.0. The van der Waals surface area contributed by atoms with Crippen LogP contribution in [-0.4, -0.2) is 71.0 Å². The Morgan fingerprint density at radius 1 is 0.744 bits per heavy atom. The predicted octanol–water partition coefficient (Wildman–Crippen LogP) is 5.91. The highest BCUT2D eigenvalue weighted by atomic mass is 16.5. The van der Waals surface area contributed by atoms with E-state index in [9.17, 15) is 0 Å². The molecule has 0 aromatic heterocycles. The largest absolute Gasteiger partial charge is 0.381 e. The van der Waals surface area contributed by atoms with E-state index >= 15 is 0 Å². The van der Waals surface area contributed by atoms with Crippen LogP contribution in [0.2, 0.25) is 0 Å². The first-order valence-corrected chi connectivity index (χ1v) is 18.4. The van der Waals surface area contributed by atoms with E-state index in [1.807, 2.05) is 0 Å². The van der Waals surface area contributed by atoms with Crippen LogP contribution in [0.15, 0.2) is 0 Å². The first-order chi connectivity index (χ1) is 20.8. The Kier molecular flexibility index (Phi) is 14.1. The molecule has 0 spiro atoms. The summed E-state index contributed by atoms with van der Waals surface area (Å²) in [5.41, 5.74) is 18.1. The zero-order chi connectivity index (χ0) is 30.9. The van der Waals surface area contributed by atoms with Crippen molar-refractivity contribution in [1.29, 1.82) is 0 Å². The maximum absolute atomic E-state index is 6.97. The molecule has 0 aromatic rings. The summed E-state index contributed by atoms with van der Waals surface area (Å²) in [4.78, 5) is 0. The van der Waals surface area contributed by atoms with Crippen LogP contribution in [-0.2, 0) is 18.9 Å². The lowest BCUT2D eigenvalue weighted by Crippen LogP contribution is -2.63. The van der Waals surface area contributed by atoms with Gasteiger partial charge in [-0.1, -0.05) is 27.7 Å². The third-order valence-corrected chi connectivity index (χ3v) is 12.8. The first kappa shape index (κ1) is 35.6. The number of hydrogen-bond acceptors (Lipinski definition) is 7. The highest BCUT2D eigenvalue weighted by Crippen LogP contribution is 2.69. The number of ether oxygens (including phenoxy) is 4. The third kappa shape index (κ3) is 8.00. The van der Waals surface area contributed by atoms with Gasteiger partial charge in [0.1, 0.15) is 0 Å². The summed E-state index contributed by atoms with van der Waals surface area (Å²) in [6.07, 6.45) is 15.8. The molecule has 0 radical (unpaired) electrons. The van der Waals surface area contributed by atoms with Gasteiger partial charge in [-0.25, -0.2) is 0 Å². The lowest BCUT2D eigenvalue weighted by Gasteiger charge is -2.65. The molecule has 0 bridgehead atoms. The van der Waals surface area contributed by atoms with Gasteiger partial charge in [0, 0.05) is 38.4 Å². The second-order valence-electron chi connectivity index (χ2n) is 15.2. The normalized spacial score (nSPS) is 39.7. The standard InChI is InChI=1S/C36H69N3O4/c1-5-18-40-19-6-10-26(2)29-11-12-30-34-31(25-33(36(29,30)4)43-22-9-17-39)35(3)14-13-28(41-20-7-15-37)23-27(35)24-32(34)42-21-8-16-38/h26-34H,5-25,37-39H2,1-4H3/t26?,27?,28-,29?,30?,31+,32-,33+,34?,35?,36?/m1/s1. The minimum Gasteiger partial charge on any atom is -0.381 e. The minimum atomic E-state index is 0.167. The monoisotopic (exact) mass is 608 g/mol. The van der Waals surface area contributed by atoms with E-state index in [0.717, 1.165) is 78.0 Å². The van der Waals surface area contributed by atoms with Gasteiger partial charge in [-0.15, -0.1) is 0 Å². The molecular formula is C36H69N3O4. The van der Waals surface area contributed by atoms with E-state index in [4.69, 9.17) is 36.1 Å². The van der Waals surface area contributed by atoms with Gasteiger partial charge in [-0.3, -0.25) is 0 Å². The fourth-order valence-electron chi connectivity index (χ4n) is 10.6. The van der Waals surface area contributed by atoms with Crippen molar-refractivity contribution in [3.63, 3.8) is 0 Å². The Hall–Kier alpha value is -0.280. The molecule has 4 aliphatic carbocycles. The summed E-state index contributed by atoms with van der Waals surface area (Å²) in [5.74, 6) is 3.82. The summed E-state index contributed by atoms with van der Waals surface area (Å²) in [7, 11) is 0. The number of fused-ring (bicyclic) bond motifs is 5. The van der Waals surface area contributed by atoms with Gasteiger partial charge in [-0.05, 0) is 144 Å². The Morgan fingerprint density at radius 3 is 2.14 bits per heavy atom. The maximum atomic E-state index is 6.97. The van der Waals surface area contributed by atoms with Crippen LogP contribution in [0.3, 0.4) is 0 Å². The Balaban J connectivity index is 1.59. The van der Waals surface area contributed by atoms with Crippen molar-refractivity contribution in [1.82, 2.24) is 0 Å². The predicted molar refractivity (Wildman–Crippen MR) is 176 cm³/mol. The average molecular weight is 608 g/mol. The molecule has 43 heavy (non-hydrogen) atoms. The van der Waals surface area contributed by atoms with E-state index in [-0.39, 0.29) is 11.5 Å². The molecule has 6 N–H and O–H groups in total. The van der Waals surface area contributed by atoms with Gasteiger partial charge < -0.3 is 36.1 Å². The Bertz CT molecular complexity index is 802. The highest BCUT2D eigenvalue weighted by molar-refractivity contribution is 5.15. The molecular weight excluding hydrogens is 538 g/mol. The number of nitrogens with two attached hydrogens (primary N) is 3. The van der Waals surface area contributed by atoms with Gasteiger partial charge in [0.25, 0.3) is 0 Å². The van der Waals surface area contributed by atoms with Crippen LogP contribution in [0, 0.1) is 46.3 Å². The van der Waals surface area contributed by atoms with Crippen LogP contribution in [0.5, 0.6) is 0 Å². The third-order valence-electron chi connectivity index (χ3n) is 12.8. The van der Waals surface area contributed by atoms with Crippen molar-refractivity contribution < 1.29 is 18.9 Å². The fourth-order valence-corrected chi connectivity index (χ4v) is 10.6. The molecule has 4 saturated carbocycles. The molecule has 0 aliphatic heterocycles. The summed E-state index contributed by atoms with van der Waals surface area (Å²) in [6, 6.07) is 0. The van der Waals surface area contributed by atoms with Crippen LogP contribution >= 0.6 is 0 Å². The zero-order valence-corrected chi connectivity index (χ0v) is 28.4. The summed E-state index contributed by atoms with van der Waals surface area (Å²) in [6.45, 7) is 16.2. The number of rotatable bonds is 19. The van der Waals surface area contributed by atoms with Gasteiger partial charge in [0.15, 0.2) is 0 Å². The number of hydrogen-bond donors (Lipinski definition) is 3. The van der Waals surface area contributed by atoms with Crippen molar-refractivity contribution in [2.24, 2.45) is 63.5 Å². The molecule has 11 atom stereocenters. The first-order valence-electron chi connectivity index (χ1n) is 18.4. The fraction of sp³-hybridized carbons (Fsp3) is 1.00. The molecule has 4 rings (SSSR count). The van der Waals surface area contributed by atoms with E-state index in [1.165, 1.54) is 38.5 Å². The van der Waals surface area contributed by atoms with E-state index in [1.54, 1.807) is 0 Å². The average Bonchev–Trinajstić information content (AvgIpc) is 3.36. The molecule has 7 heteroatoms. The van der Waals surface area contributed by atoms with E-state index in [0.29, 0.717) is 72.8 Å². The molecule has 252 valence electrons. The minimum absolute atomic E-state index is 0.167.